The second kappa shape index (κ2) is 41.2. The molecule has 0 amide bonds. The Labute approximate surface area is 646 Å². The lowest BCUT2D eigenvalue weighted by Crippen LogP contribution is -2.16. The van der Waals surface area contributed by atoms with E-state index in [1.165, 1.54) is 53.3 Å². The molecule has 25 nitrogen and oxygen atoms in total. The van der Waals surface area contributed by atoms with Gasteiger partial charge in [-0.15, -0.1) is 4.73 Å². The van der Waals surface area contributed by atoms with Crippen molar-refractivity contribution in [1.29, 1.82) is 0 Å². The number of nitrogens with zero attached hydrogens (tertiary/aromatic N) is 7. The summed E-state index contributed by atoms with van der Waals surface area (Å²) in [5.41, 5.74) is -1.15. The van der Waals surface area contributed by atoms with Gasteiger partial charge in [0.2, 0.25) is 0 Å². The molecule has 0 fully saturated rings. The molecule has 1 N–H and O–H groups in total. The second-order valence-corrected chi connectivity index (χ2v) is 27.7. The highest BCUT2D eigenvalue weighted by Gasteiger charge is 2.34. The fraction of sp³-hybridized carbons (Fsp3) is 0.465. The molecule has 2 aliphatic rings. The number of esters is 8. The Hall–Kier alpha value is -11.0. The molecule has 0 saturated heterocycles. The van der Waals surface area contributed by atoms with Crippen LogP contribution in [0.15, 0.2) is 78.9 Å². The number of carbonyl (C=O) groups is 8. The van der Waals surface area contributed by atoms with E-state index < -0.39 is 47.8 Å². The first-order valence-corrected chi connectivity index (χ1v) is 39.8. The molecular formula is C86H102N8O17. The highest BCUT2D eigenvalue weighted by molar-refractivity contribution is 6.16. The fourth-order valence-electron chi connectivity index (χ4n) is 12.8. The summed E-state index contributed by atoms with van der Waals surface area (Å²) in [6.07, 6.45) is 17.0. The topological polar surface area (TPSA) is 318 Å². The van der Waals surface area contributed by atoms with Crippen molar-refractivity contribution in [3.63, 3.8) is 0 Å². The first-order valence-electron chi connectivity index (χ1n) is 39.8. The molecule has 25 heteroatoms. The number of hydrogen-bond donors (Lipinski definition) is 1. The predicted molar refractivity (Wildman–Crippen MR) is 421 cm³/mol. The van der Waals surface area contributed by atoms with Crippen LogP contribution in [0.4, 0.5) is 0 Å². The van der Waals surface area contributed by atoms with Gasteiger partial charge in [-0.25, -0.2) is 68.3 Å². The number of rotatable bonds is 42. The Bertz CT molecular complexity index is 4580. The van der Waals surface area contributed by atoms with Crippen LogP contribution < -0.4 is 4.84 Å². The van der Waals surface area contributed by atoms with Crippen LogP contribution in [-0.2, 0) is 37.9 Å². The van der Waals surface area contributed by atoms with Crippen LogP contribution in [0.3, 0.4) is 0 Å². The number of aromatic amines is 1. The average molecular weight is 1520 g/mol. The number of carbonyl (C=O) groups excluding carboxylic acids is 8. The molecule has 10 rings (SSSR count). The molecule has 588 valence electrons. The van der Waals surface area contributed by atoms with Crippen LogP contribution in [-0.4, -0.2) is 140 Å². The zero-order valence-corrected chi connectivity index (χ0v) is 65.2. The molecule has 5 aromatic carbocycles. The van der Waals surface area contributed by atoms with Gasteiger partial charge in [0.25, 0.3) is 0 Å². The Balaban J connectivity index is 1.43. The van der Waals surface area contributed by atoms with Gasteiger partial charge in [-0.05, 0) is 112 Å². The Kier molecular flexibility index (Phi) is 30.6. The maximum absolute atomic E-state index is 14.9. The highest BCUT2D eigenvalue weighted by atomic mass is 16.7. The number of H-pyrrole nitrogens is 1. The van der Waals surface area contributed by atoms with Gasteiger partial charge in [-0.1, -0.05) is 176 Å². The summed E-state index contributed by atoms with van der Waals surface area (Å²) in [6, 6.07) is 20.2. The molecular weight excluding hydrogens is 1420 g/mol. The summed E-state index contributed by atoms with van der Waals surface area (Å²) in [4.78, 5) is 160. The molecule has 0 spiro atoms. The minimum Gasteiger partial charge on any atom is -0.462 e. The maximum Gasteiger partial charge on any atom is 0.339 e. The quantitative estimate of drug-likeness (QED) is 0.0211. The normalized spacial score (nSPS) is 11.4. The van der Waals surface area contributed by atoms with Crippen LogP contribution in [0.25, 0.3) is 89.7 Å². The van der Waals surface area contributed by atoms with Crippen LogP contribution in [0, 0.1) is 0 Å². The molecule has 8 aromatic rings. The van der Waals surface area contributed by atoms with Gasteiger partial charge in [0.15, 0.2) is 40.3 Å². The van der Waals surface area contributed by atoms with E-state index in [1.54, 1.807) is 30.3 Å². The number of fused-ring (bicyclic) bond motifs is 20. The maximum atomic E-state index is 14.9. The summed E-state index contributed by atoms with van der Waals surface area (Å²) in [5.74, 6) is -7.03. The summed E-state index contributed by atoms with van der Waals surface area (Å²) in [5, 5.41) is 0.622. The van der Waals surface area contributed by atoms with Gasteiger partial charge in [-0.2, -0.15) is 0 Å². The van der Waals surface area contributed by atoms with E-state index in [0.29, 0.717) is 51.4 Å². The van der Waals surface area contributed by atoms with Gasteiger partial charge in [0.05, 0.1) is 97.4 Å². The zero-order chi connectivity index (χ0) is 78.8. The number of aromatic nitrogens is 8. The first-order chi connectivity index (χ1) is 54.1. The van der Waals surface area contributed by atoms with E-state index in [-0.39, 0.29) is 193 Å². The number of unbranched alkanes of at least 4 members (excludes halogenated alkanes) is 16. The summed E-state index contributed by atoms with van der Waals surface area (Å²) in [6.45, 7) is 16.4. The molecule has 0 radical (unpaired) electrons. The van der Waals surface area contributed by atoms with E-state index in [0.717, 1.165) is 103 Å². The minimum absolute atomic E-state index is 0.0160. The van der Waals surface area contributed by atoms with Crippen LogP contribution in [0.1, 0.15) is 292 Å². The smallest absolute Gasteiger partial charge is 0.339 e. The number of ether oxygens (including phenoxy) is 8. The van der Waals surface area contributed by atoms with E-state index in [9.17, 15) is 38.4 Å². The molecule has 0 saturated carbocycles. The van der Waals surface area contributed by atoms with Crippen LogP contribution >= 0.6 is 0 Å². The van der Waals surface area contributed by atoms with Crippen molar-refractivity contribution < 1.29 is 81.1 Å². The number of hydrogen-bond acceptors (Lipinski definition) is 23. The van der Waals surface area contributed by atoms with Gasteiger partial charge in [0, 0.05) is 43.8 Å². The van der Waals surface area contributed by atoms with Crippen molar-refractivity contribution in [2.75, 3.05) is 52.9 Å². The SMILES string of the molecule is CCCCCOC(=O)c1cc2c(cc1C(=O)OCCCCC)-c1nc-2nc2[nH]c(nc3nc(nc4c5cc(C(=O)OCCCCC)c(C(=O)OCCCCC)cc5c(n1)n4Oc1ccccc1)-c1cc(C(=O)OCCCCC)c(C(=O)OCCCCC)cc1-3)c1cc(C(=O)OCCCCC)c(C(=O)OCCCCC)cc21. The molecule has 0 atom stereocenters. The molecule has 2 aliphatic heterocycles. The molecule has 0 aliphatic carbocycles. The van der Waals surface area contributed by atoms with Crippen molar-refractivity contribution in [3.8, 4) is 51.3 Å². The highest BCUT2D eigenvalue weighted by Crippen LogP contribution is 2.42. The monoisotopic (exact) mass is 1520 g/mol. The van der Waals surface area contributed by atoms with E-state index >= 15 is 0 Å². The predicted octanol–water partition coefficient (Wildman–Crippen LogP) is 19.0. The average Bonchev–Trinajstić information content (AvgIpc) is 1.58. The van der Waals surface area contributed by atoms with Crippen molar-refractivity contribution in [2.24, 2.45) is 0 Å². The minimum atomic E-state index is -0.854. The fourth-order valence-corrected chi connectivity index (χ4v) is 12.8. The van der Waals surface area contributed by atoms with Crippen molar-refractivity contribution in [1.82, 2.24) is 39.6 Å². The van der Waals surface area contributed by atoms with Crippen molar-refractivity contribution in [3.05, 3.63) is 123 Å². The van der Waals surface area contributed by atoms with E-state index in [4.69, 9.17) is 72.6 Å². The Morgan fingerprint density at radius 2 is 0.505 bits per heavy atom. The van der Waals surface area contributed by atoms with Gasteiger partial charge < -0.3 is 47.7 Å². The standard InChI is InChI=1S/C86H102N8O17/c1-9-17-28-38-103-79(95)63-46-55-56(47-64(63)80(96)104-39-29-18-10-2)72-87-71(55)88-73-57-48-65(81(97)105-40-30-19-11-3)67(83(99)107-42-32-21-13-5)50-59(57)75(90-73)92-77-61-52-69(85(101)109-44-34-23-15-7)70(86(102)110-45-35-24-16-8)53-62(61)78(94(77)111-54-36-26-25-27-37-54)93-76-60-51-68(84(100)108-43-33-22-14-6)66(49-58(60)74(89-72)91-76)82(98)106-41-31-20-12-4/h25-27,36-37,46-53H,9-24,28-35,38-45H2,1-8H3,(H,87,88,89,90,91,92,93). The lowest BCUT2D eigenvalue weighted by molar-refractivity contribution is 0.0451. The van der Waals surface area contributed by atoms with Gasteiger partial charge in [0.1, 0.15) is 11.3 Å². The zero-order valence-electron chi connectivity index (χ0n) is 65.2. The van der Waals surface area contributed by atoms with Crippen LogP contribution in [0.5, 0.6) is 5.75 Å². The Morgan fingerprint density at radius 3 is 0.748 bits per heavy atom. The lowest BCUT2D eigenvalue weighted by atomic mass is 9.98. The van der Waals surface area contributed by atoms with Crippen molar-refractivity contribution in [2.45, 2.75) is 209 Å². The third-order valence-electron chi connectivity index (χ3n) is 19.0. The molecule has 3 aromatic heterocycles. The largest absolute Gasteiger partial charge is 0.462 e. The number of benzene rings is 5. The summed E-state index contributed by atoms with van der Waals surface area (Å²) < 4.78 is 48.7. The summed E-state index contributed by atoms with van der Waals surface area (Å²) in [7, 11) is 0. The van der Waals surface area contributed by atoms with Gasteiger partial charge in [-0.3, -0.25) is 0 Å². The number of nitrogens with one attached hydrogen (secondary N) is 1. The van der Waals surface area contributed by atoms with Crippen LogP contribution in [0.2, 0.25) is 0 Å². The third-order valence-corrected chi connectivity index (χ3v) is 19.0. The Morgan fingerprint density at radius 1 is 0.279 bits per heavy atom. The first kappa shape index (κ1) is 82.5. The third kappa shape index (κ3) is 20.5. The number of para-hydroxylation sites is 1. The lowest BCUT2D eigenvalue weighted by Gasteiger charge is -2.12. The molecule has 5 heterocycles. The summed E-state index contributed by atoms with van der Waals surface area (Å²) >= 11 is 0. The van der Waals surface area contributed by atoms with Crippen molar-refractivity contribution >= 4 is 91.9 Å². The molecule has 8 bridgehead atoms. The molecule has 0 unspecified atom stereocenters. The van der Waals surface area contributed by atoms with E-state index in [2.05, 4.69) is 4.98 Å². The van der Waals surface area contributed by atoms with Gasteiger partial charge >= 0.3 is 47.8 Å². The van der Waals surface area contributed by atoms with E-state index in [1.807, 2.05) is 55.4 Å². The second-order valence-electron chi connectivity index (χ2n) is 27.7. The molecule has 111 heavy (non-hydrogen) atoms.